The molecular weight excluding hydrogens is 377 g/mol. The van der Waals surface area contributed by atoms with Gasteiger partial charge in [0.2, 0.25) is 0 Å². The SMILES string of the molecule is COc1ccc(CN2CCC(NC(=O)N3CCc4sccc4C3)CC2)cc1F. The van der Waals surface area contributed by atoms with Crippen molar-refractivity contribution in [1.29, 1.82) is 0 Å². The van der Waals surface area contributed by atoms with Crippen molar-refractivity contribution in [3.63, 3.8) is 0 Å². The van der Waals surface area contributed by atoms with Crippen LogP contribution >= 0.6 is 11.3 Å². The number of fused-ring (bicyclic) bond motifs is 1. The molecule has 0 spiro atoms. The number of amides is 2. The summed E-state index contributed by atoms with van der Waals surface area (Å²) in [6.07, 6.45) is 2.79. The van der Waals surface area contributed by atoms with Crippen LogP contribution in [0.4, 0.5) is 9.18 Å². The fraction of sp³-hybridized carbons (Fsp3) is 0.476. The normalized spacial score (nSPS) is 18.0. The van der Waals surface area contributed by atoms with Gasteiger partial charge in [0.05, 0.1) is 7.11 Å². The third-order valence-electron chi connectivity index (χ3n) is 5.63. The van der Waals surface area contributed by atoms with E-state index in [4.69, 9.17) is 4.74 Å². The number of thiophene rings is 1. The summed E-state index contributed by atoms with van der Waals surface area (Å²) in [5, 5.41) is 5.31. The molecule has 0 bridgehead atoms. The Balaban J connectivity index is 1.24. The van der Waals surface area contributed by atoms with Crippen molar-refractivity contribution >= 4 is 17.4 Å². The number of ether oxygens (including phenoxy) is 1. The number of carbonyl (C=O) groups is 1. The van der Waals surface area contributed by atoms with Crippen LogP contribution in [-0.2, 0) is 19.5 Å². The summed E-state index contributed by atoms with van der Waals surface area (Å²) in [5.41, 5.74) is 2.23. The second-order valence-corrected chi connectivity index (χ2v) is 8.51. The van der Waals surface area contributed by atoms with Crippen LogP contribution in [0.25, 0.3) is 0 Å². The Morgan fingerprint density at radius 2 is 2.11 bits per heavy atom. The smallest absolute Gasteiger partial charge is 0.317 e. The fourth-order valence-electron chi connectivity index (χ4n) is 3.99. The minimum Gasteiger partial charge on any atom is -0.494 e. The average Bonchev–Trinajstić information content (AvgIpc) is 3.17. The molecule has 0 unspecified atom stereocenters. The van der Waals surface area contributed by atoms with Gasteiger partial charge in [0.1, 0.15) is 0 Å². The molecule has 5 nitrogen and oxygen atoms in total. The van der Waals surface area contributed by atoms with E-state index in [1.807, 2.05) is 11.0 Å². The highest BCUT2D eigenvalue weighted by molar-refractivity contribution is 7.10. The number of hydrogen-bond donors (Lipinski definition) is 1. The Hall–Kier alpha value is -2.12. The Morgan fingerprint density at radius 3 is 2.86 bits per heavy atom. The monoisotopic (exact) mass is 403 g/mol. The standard InChI is InChI=1S/C21H26FN3O2S/c1-27-19-3-2-15(12-18(19)22)13-24-8-4-17(5-9-24)23-21(26)25-10-6-20-16(14-25)7-11-28-20/h2-3,7,11-12,17H,4-6,8-10,13-14H2,1H3,(H,23,26). The number of methoxy groups -OCH3 is 1. The summed E-state index contributed by atoms with van der Waals surface area (Å²) < 4.78 is 18.8. The predicted octanol–water partition coefficient (Wildman–Crippen LogP) is 3.63. The van der Waals surface area contributed by atoms with E-state index in [1.165, 1.54) is 17.6 Å². The highest BCUT2D eigenvalue weighted by Gasteiger charge is 2.25. The van der Waals surface area contributed by atoms with Crippen LogP contribution in [0.3, 0.4) is 0 Å². The van der Waals surface area contributed by atoms with Crippen LogP contribution in [0.15, 0.2) is 29.6 Å². The van der Waals surface area contributed by atoms with Crippen molar-refractivity contribution in [2.45, 2.75) is 38.4 Å². The zero-order valence-electron chi connectivity index (χ0n) is 16.1. The summed E-state index contributed by atoms with van der Waals surface area (Å²) >= 11 is 1.78. The van der Waals surface area contributed by atoms with Gasteiger partial charge < -0.3 is 15.0 Å². The van der Waals surface area contributed by atoms with Gasteiger partial charge >= 0.3 is 6.03 Å². The van der Waals surface area contributed by atoms with E-state index in [2.05, 4.69) is 21.7 Å². The lowest BCUT2D eigenvalue weighted by Gasteiger charge is -2.34. The third-order valence-corrected chi connectivity index (χ3v) is 6.66. The Kier molecular flexibility index (Phi) is 5.82. The summed E-state index contributed by atoms with van der Waals surface area (Å²) in [5.74, 6) is -0.0464. The quantitative estimate of drug-likeness (QED) is 0.848. The number of halogens is 1. The van der Waals surface area contributed by atoms with E-state index in [-0.39, 0.29) is 23.6 Å². The molecule has 1 fully saturated rings. The van der Waals surface area contributed by atoms with Crippen LogP contribution in [0.1, 0.15) is 28.8 Å². The molecule has 150 valence electrons. The minimum atomic E-state index is -0.322. The molecule has 1 saturated heterocycles. The maximum atomic E-state index is 13.9. The van der Waals surface area contributed by atoms with E-state index in [1.54, 1.807) is 23.5 Å². The maximum absolute atomic E-state index is 13.9. The molecule has 0 atom stereocenters. The molecule has 28 heavy (non-hydrogen) atoms. The molecule has 4 rings (SSSR count). The summed E-state index contributed by atoms with van der Waals surface area (Å²) in [4.78, 5) is 18.3. The molecule has 2 aromatic rings. The van der Waals surface area contributed by atoms with Crippen molar-refractivity contribution in [2.24, 2.45) is 0 Å². The number of urea groups is 1. The van der Waals surface area contributed by atoms with Crippen LogP contribution in [0, 0.1) is 5.82 Å². The van der Waals surface area contributed by atoms with E-state index in [0.717, 1.165) is 44.5 Å². The van der Waals surface area contributed by atoms with Gasteiger partial charge in [0.15, 0.2) is 11.6 Å². The number of piperidine rings is 1. The molecule has 0 saturated carbocycles. The van der Waals surface area contributed by atoms with Crippen molar-refractivity contribution in [3.8, 4) is 5.75 Å². The first-order valence-electron chi connectivity index (χ1n) is 9.78. The molecule has 1 aromatic carbocycles. The molecule has 2 aliphatic heterocycles. The van der Waals surface area contributed by atoms with Gasteiger partial charge in [-0.15, -0.1) is 11.3 Å². The van der Waals surface area contributed by atoms with E-state index in [0.29, 0.717) is 13.1 Å². The van der Waals surface area contributed by atoms with Crippen molar-refractivity contribution in [2.75, 3.05) is 26.7 Å². The summed E-state index contributed by atoms with van der Waals surface area (Å²) in [6, 6.07) is 7.51. The van der Waals surface area contributed by atoms with Crippen molar-refractivity contribution in [1.82, 2.24) is 15.1 Å². The molecule has 3 heterocycles. The summed E-state index contributed by atoms with van der Waals surface area (Å²) in [6.45, 7) is 4.02. The van der Waals surface area contributed by atoms with Crippen LogP contribution in [-0.4, -0.2) is 48.6 Å². The van der Waals surface area contributed by atoms with E-state index >= 15 is 0 Å². The maximum Gasteiger partial charge on any atom is 0.317 e. The lowest BCUT2D eigenvalue weighted by atomic mass is 10.0. The molecule has 0 aliphatic carbocycles. The Morgan fingerprint density at radius 1 is 1.29 bits per heavy atom. The van der Waals surface area contributed by atoms with E-state index in [9.17, 15) is 9.18 Å². The number of nitrogens with one attached hydrogen (secondary N) is 1. The first-order valence-corrected chi connectivity index (χ1v) is 10.7. The van der Waals surface area contributed by atoms with Gasteiger partial charge in [-0.1, -0.05) is 6.07 Å². The second kappa shape index (κ2) is 8.49. The highest BCUT2D eigenvalue weighted by Crippen LogP contribution is 2.24. The van der Waals surface area contributed by atoms with Gasteiger partial charge in [0.25, 0.3) is 0 Å². The Labute approximate surface area is 169 Å². The van der Waals surface area contributed by atoms with Gasteiger partial charge in [-0.05, 0) is 54.0 Å². The topological polar surface area (TPSA) is 44.8 Å². The highest BCUT2D eigenvalue weighted by atomic mass is 32.1. The zero-order chi connectivity index (χ0) is 19.5. The van der Waals surface area contributed by atoms with E-state index < -0.39 is 0 Å². The van der Waals surface area contributed by atoms with Crippen LogP contribution in [0.5, 0.6) is 5.75 Å². The molecule has 2 aliphatic rings. The lowest BCUT2D eigenvalue weighted by Crippen LogP contribution is -2.50. The summed E-state index contributed by atoms with van der Waals surface area (Å²) in [7, 11) is 1.47. The fourth-order valence-corrected chi connectivity index (χ4v) is 4.88. The number of rotatable bonds is 4. The molecular formula is C21H26FN3O2S. The first kappa shape index (κ1) is 19.2. The van der Waals surface area contributed by atoms with Crippen molar-refractivity contribution < 1.29 is 13.9 Å². The molecule has 1 N–H and O–H groups in total. The molecule has 1 aromatic heterocycles. The average molecular weight is 404 g/mol. The van der Waals surface area contributed by atoms with Gasteiger partial charge in [-0.2, -0.15) is 0 Å². The van der Waals surface area contributed by atoms with Crippen LogP contribution in [0.2, 0.25) is 0 Å². The molecule has 7 heteroatoms. The number of nitrogens with zero attached hydrogens (tertiary/aromatic N) is 2. The zero-order valence-corrected chi connectivity index (χ0v) is 16.9. The number of carbonyl (C=O) groups excluding carboxylic acids is 1. The Bertz CT molecular complexity index is 833. The third kappa shape index (κ3) is 4.31. The number of likely N-dealkylation sites (tertiary alicyclic amines) is 1. The lowest BCUT2D eigenvalue weighted by molar-refractivity contribution is 0.166. The molecule has 2 amide bonds. The van der Waals surface area contributed by atoms with Gasteiger partial charge in [-0.3, -0.25) is 4.90 Å². The van der Waals surface area contributed by atoms with Gasteiger partial charge in [0, 0.05) is 43.6 Å². The van der Waals surface area contributed by atoms with Crippen molar-refractivity contribution in [3.05, 3.63) is 51.5 Å². The number of hydrogen-bond acceptors (Lipinski definition) is 4. The predicted molar refractivity (Wildman–Crippen MR) is 108 cm³/mol. The minimum absolute atomic E-state index is 0.0486. The first-order chi connectivity index (χ1) is 13.6. The largest absolute Gasteiger partial charge is 0.494 e. The number of benzene rings is 1. The van der Waals surface area contributed by atoms with Gasteiger partial charge in [-0.25, -0.2) is 9.18 Å². The second-order valence-electron chi connectivity index (χ2n) is 7.51. The molecule has 0 radical (unpaired) electrons. The van der Waals surface area contributed by atoms with Crippen LogP contribution < -0.4 is 10.1 Å².